The first kappa shape index (κ1) is 14.4. The van der Waals surface area contributed by atoms with Gasteiger partial charge in [0.25, 0.3) is 0 Å². The fourth-order valence-corrected chi connectivity index (χ4v) is 1.76. The first-order chi connectivity index (χ1) is 8.63. The van der Waals surface area contributed by atoms with Crippen LogP contribution < -0.4 is 5.32 Å². The van der Waals surface area contributed by atoms with Gasteiger partial charge in [0.1, 0.15) is 5.78 Å². The molecule has 0 aromatic heterocycles. The summed E-state index contributed by atoms with van der Waals surface area (Å²) < 4.78 is 0. The summed E-state index contributed by atoms with van der Waals surface area (Å²) in [5.74, 6) is -0.650. The number of carbonyl (C=O) groups is 2. The smallest absolute Gasteiger partial charge is 0.223 e. The van der Waals surface area contributed by atoms with Crippen LogP contribution in [0.5, 0.6) is 0 Å². The summed E-state index contributed by atoms with van der Waals surface area (Å²) in [6.07, 6.45) is 0.501. The molecule has 18 heavy (non-hydrogen) atoms. The number of benzene rings is 1. The van der Waals surface area contributed by atoms with Gasteiger partial charge in [-0.15, -0.1) is 0 Å². The number of ketones is 1. The van der Waals surface area contributed by atoms with Gasteiger partial charge in [0.05, 0.1) is 0 Å². The van der Waals surface area contributed by atoms with Gasteiger partial charge in [-0.3, -0.25) is 4.79 Å². The lowest BCUT2D eigenvalue weighted by molar-refractivity contribution is -0.129. The van der Waals surface area contributed by atoms with Gasteiger partial charge in [-0.2, -0.15) is 0 Å². The summed E-state index contributed by atoms with van der Waals surface area (Å²) in [4.78, 5) is 22.9. The van der Waals surface area contributed by atoms with E-state index >= 15 is 0 Å². The van der Waals surface area contributed by atoms with E-state index in [9.17, 15) is 9.59 Å². The fourth-order valence-electron chi connectivity index (χ4n) is 1.76. The summed E-state index contributed by atoms with van der Waals surface area (Å²) in [5.41, 5.74) is 1.01. The maximum absolute atomic E-state index is 11.9. The van der Waals surface area contributed by atoms with Gasteiger partial charge >= 0.3 is 0 Å². The van der Waals surface area contributed by atoms with E-state index in [-0.39, 0.29) is 24.7 Å². The van der Waals surface area contributed by atoms with Crippen LogP contribution in [0, 0.1) is 5.92 Å². The van der Waals surface area contributed by atoms with E-state index < -0.39 is 5.92 Å². The van der Waals surface area contributed by atoms with Crippen molar-refractivity contribution >= 4 is 11.7 Å². The summed E-state index contributed by atoms with van der Waals surface area (Å²) in [6.45, 7) is 1.81. The molecule has 0 aliphatic carbocycles. The molecule has 0 aliphatic rings. The molecule has 0 heterocycles. The Balaban J connectivity index is 2.48. The van der Waals surface area contributed by atoms with Crippen LogP contribution in [0.25, 0.3) is 0 Å². The topological polar surface area (TPSA) is 66.4 Å². The third-order valence-corrected chi connectivity index (χ3v) is 2.69. The Bertz CT molecular complexity index is 389. The highest BCUT2D eigenvalue weighted by molar-refractivity contribution is 5.85. The minimum atomic E-state index is -0.434. The van der Waals surface area contributed by atoms with Crippen molar-refractivity contribution in [3.63, 3.8) is 0 Å². The molecule has 4 heteroatoms. The van der Waals surface area contributed by atoms with Crippen LogP contribution in [0.1, 0.15) is 25.3 Å². The van der Waals surface area contributed by atoms with Crippen molar-refractivity contribution in [1.82, 2.24) is 5.32 Å². The van der Waals surface area contributed by atoms with Gasteiger partial charge in [-0.25, -0.2) is 0 Å². The van der Waals surface area contributed by atoms with Crippen molar-refractivity contribution in [2.45, 2.75) is 26.3 Å². The number of aliphatic hydroxyl groups is 1. The Morgan fingerprint density at radius 1 is 1.28 bits per heavy atom. The zero-order chi connectivity index (χ0) is 13.4. The van der Waals surface area contributed by atoms with Gasteiger partial charge in [0.15, 0.2) is 0 Å². The molecule has 1 rings (SSSR count). The van der Waals surface area contributed by atoms with Crippen molar-refractivity contribution in [3.8, 4) is 0 Å². The second kappa shape index (κ2) is 7.61. The second-order valence-electron chi connectivity index (χ2n) is 4.32. The van der Waals surface area contributed by atoms with Gasteiger partial charge < -0.3 is 15.2 Å². The third kappa shape index (κ3) is 5.10. The summed E-state index contributed by atoms with van der Waals surface area (Å²) in [6, 6.07) is 9.57. The monoisotopic (exact) mass is 249 g/mol. The summed E-state index contributed by atoms with van der Waals surface area (Å²) in [5, 5.41) is 11.7. The maximum atomic E-state index is 11.9. The van der Waals surface area contributed by atoms with Crippen LogP contribution in [0.4, 0.5) is 0 Å². The van der Waals surface area contributed by atoms with Crippen LogP contribution in [-0.4, -0.2) is 23.4 Å². The quantitative estimate of drug-likeness (QED) is 0.765. The van der Waals surface area contributed by atoms with Crippen molar-refractivity contribution in [1.29, 1.82) is 0 Å². The summed E-state index contributed by atoms with van der Waals surface area (Å²) >= 11 is 0. The molecule has 98 valence electrons. The van der Waals surface area contributed by atoms with E-state index in [4.69, 9.17) is 5.11 Å². The molecule has 0 bridgehead atoms. The lowest BCUT2D eigenvalue weighted by Gasteiger charge is -2.14. The molecular formula is C14H19NO3. The number of aliphatic hydroxyl groups excluding tert-OH is 1. The standard InChI is InChI=1S/C14H19NO3/c1-11(17)9-13(7-8-16)14(18)15-10-12-5-3-2-4-6-12/h2-6,13,16H,7-10H2,1H3,(H,15,18)/t13-/m0/s1. The number of Topliss-reactive ketones (excluding diaryl/α,β-unsaturated/α-hetero) is 1. The lowest BCUT2D eigenvalue weighted by Crippen LogP contribution is -2.32. The van der Waals surface area contributed by atoms with E-state index in [1.165, 1.54) is 6.92 Å². The summed E-state index contributed by atoms with van der Waals surface area (Å²) in [7, 11) is 0. The highest BCUT2D eigenvalue weighted by Gasteiger charge is 2.19. The van der Waals surface area contributed by atoms with Crippen molar-refractivity contribution in [3.05, 3.63) is 35.9 Å². The molecule has 1 atom stereocenters. The van der Waals surface area contributed by atoms with E-state index in [0.717, 1.165) is 5.56 Å². The first-order valence-electron chi connectivity index (χ1n) is 6.05. The first-order valence-corrected chi connectivity index (χ1v) is 6.05. The second-order valence-corrected chi connectivity index (χ2v) is 4.32. The highest BCUT2D eigenvalue weighted by Crippen LogP contribution is 2.09. The average Bonchev–Trinajstić information content (AvgIpc) is 2.36. The number of amides is 1. The minimum Gasteiger partial charge on any atom is -0.396 e. The van der Waals surface area contributed by atoms with Crippen LogP contribution in [0.15, 0.2) is 30.3 Å². The molecule has 2 N–H and O–H groups in total. The minimum absolute atomic E-state index is 0.0386. The van der Waals surface area contributed by atoms with Gasteiger partial charge in [0, 0.05) is 25.5 Å². The van der Waals surface area contributed by atoms with Crippen molar-refractivity contribution in [2.75, 3.05) is 6.61 Å². The van der Waals surface area contributed by atoms with Crippen LogP contribution in [0.3, 0.4) is 0 Å². The number of hydrogen-bond donors (Lipinski definition) is 2. The highest BCUT2D eigenvalue weighted by atomic mass is 16.3. The SMILES string of the molecule is CC(=O)C[C@H](CCO)C(=O)NCc1ccccc1. The van der Waals surface area contributed by atoms with E-state index in [2.05, 4.69) is 5.32 Å². The molecule has 0 spiro atoms. The molecule has 0 fully saturated rings. The van der Waals surface area contributed by atoms with Crippen LogP contribution in [-0.2, 0) is 16.1 Å². The van der Waals surface area contributed by atoms with Crippen LogP contribution >= 0.6 is 0 Å². The Labute approximate surface area is 107 Å². The normalized spacial score (nSPS) is 11.9. The Morgan fingerprint density at radius 2 is 1.94 bits per heavy atom. The number of rotatable bonds is 7. The van der Waals surface area contributed by atoms with Gasteiger partial charge in [0.2, 0.25) is 5.91 Å². The fraction of sp³-hybridized carbons (Fsp3) is 0.429. The predicted molar refractivity (Wildman–Crippen MR) is 68.8 cm³/mol. The molecule has 1 aromatic rings. The predicted octanol–water partition coefficient (Wildman–Crippen LogP) is 1.28. The molecule has 0 aliphatic heterocycles. The molecular weight excluding hydrogens is 230 g/mol. The number of nitrogens with one attached hydrogen (secondary N) is 1. The van der Waals surface area contributed by atoms with Crippen LogP contribution in [0.2, 0.25) is 0 Å². The van der Waals surface area contributed by atoms with Gasteiger partial charge in [-0.1, -0.05) is 30.3 Å². The van der Waals surface area contributed by atoms with Crippen molar-refractivity contribution < 1.29 is 14.7 Å². The largest absolute Gasteiger partial charge is 0.396 e. The number of carbonyl (C=O) groups excluding carboxylic acids is 2. The molecule has 1 aromatic carbocycles. The number of hydrogen-bond acceptors (Lipinski definition) is 3. The van der Waals surface area contributed by atoms with E-state index in [0.29, 0.717) is 13.0 Å². The zero-order valence-corrected chi connectivity index (χ0v) is 10.6. The zero-order valence-electron chi connectivity index (χ0n) is 10.6. The molecule has 0 saturated carbocycles. The Morgan fingerprint density at radius 3 is 2.50 bits per heavy atom. The Kier molecular flexibility index (Phi) is 6.08. The molecule has 0 saturated heterocycles. The Hall–Kier alpha value is -1.68. The molecule has 0 radical (unpaired) electrons. The molecule has 1 amide bonds. The maximum Gasteiger partial charge on any atom is 0.223 e. The van der Waals surface area contributed by atoms with Gasteiger partial charge in [-0.05, 0) is 18.9 Å². The molecule has 4 nitrogen and oxygen atoms in total. The van der Waals surface area contributed by atoms with E-state index in [1.54, 1.807) is 0 Å². The van der Waals surface area contributed by atoms with Crippen molar-refractivity contribution in [2.24, 2.45) is 5.92 Å². The van der Waals surface area contributed by atoms with E-state index in [1.807, 2.05) is 30.3 Å². The average molecular weight is 249 g/mol. The molecule has 0 unspecified atom stereocenters. The third-order valence-electron chi connectivity index (χ3n) is 2.69. The lowest BCUT2D eigenvalue weighted by atomic mass is 9.98.